The number of fused-ring (bicyclic) bond motifs is 1. The minimum atomic E-state index is -3.90. The van der Waals surface area contributed by atoms with Crippen LogP contribution in [0.5, 0.6) is 17.2 Å². The fraction of sp³-hybridized carbons (Fsp3) is 0.417. The number of sulfonamides is 1. The quantitative estimate of drug-likeness (QED) is 0.621. The number of piperidine rings is 1. The second kappa shape index (κ2) is 9.74. The molecule has 2 aliphatic rings. The van der Waals surface area contributed by atoms with Crippen molar-refractivity contribution < 1.29 is 32.2 Å². The molecule has 4 rings (SSSR count). The van der Waals surface area contributed by atoms with Gasteiger partial charge in [0.2, 0.25) is 15.9 Å². The van der Waals surface area contributed by atoms with Gasteiger partial charge in [-0.05, 0) is 50.5 Å². The molecule has 2 heterocycles. The average Bonchev–Trinajstić information content (AvgIpc) is 2.84. The first kappa shape index (κ1) is 24.8. The monoisotopic (exact) mass is 503 g/mol. The van der Waals surface area contributed by atoms with Crippen LogP contribution in [0.1, 0.15) is 25.3 Å². The summed E-state index contributed by atoms with van der Waals surface area (Å²) in [5.41, 5.74) is 1.37. The minimum Gasteiger partial charge on any atom is -0.497 e. The van der Waals surface area contributed by atoms with Crippen molar-refractivity contribution in [3.63, 3.8) is 0 Å². The van der Waals surface area contributed by atoms with E-state index in [2.05, 4.69) is 10.6 Å². The lowest BCUT2D eigenvalue weighted by Crippen LogP contribution is -2.44. The second-order valence-electron chi connectivity index (χ2n) is 8.62. The number of rotatable bonds is 6. The average molecular weight is 504 g/mol. The van der Waals surface area contributed by atoms with Crippen molar-refractivity contribution in [2.45, 2.75) is 37.7 Å². The van der Waals surface area contributed by atoms with Crippen molar-refractivity contribution in [1.82, 2.24) is 4.31 Å². The first-order chi connectivity index (χ1) is 16.6. The molecule has 0 radical (unpaired) electrons. The van der Waals surface area contributed by atoms with Gasteiger partial charge in [-0.15, -0.1) is 0 Å². The number of aryl methyl sites for hydroxylation is 1. The van der Waals surface area contributed by atoms with Crippen molar-refractivity contribution >= 4 is 33.2 Å². The Morgan fingerprint density at radius 3 is 2.69 bits per heavy atom. The highest BCUT2D eigenvalue weighted by atomic mass is 32.2. The van der Waals surface area contributed by atoms with Crippen molar-refractivity contribution in [2.24, 2.45) is 5.92 Å². The van der Waals surface area contributed by atoms with Crippen LogP contribution >= 0.6 is 0 Å². The predicted octanol–water partition coefficient (Wildman–Crippen LogP) is 2.77. The Morgan fingerprint density at radius 2 is 1.97 bits per heavy atom. The number of amides is 2. The molecule has 188 valence electrons. The molecule has 2 aromatic carbocycles. The van der Waals surface area contributed by atoms with Crippen molar-refractivity contribution in [3.05, 3.63) is 35.9 Å². The third-order valence-corrected chi connectivity index (χ3v) is 8.25. The van der Waals surface area contributed by atoms with Gasteiger partial charge in [-0.1, -0.05) is 0 Å². The van der Waals surface area contributed by atoms with E-state index in [4.69, 9.17) is 14.2 Å². The summed E-state index contributed by atoms with van der Waals surface area (Å²) >= 11 is 0. The molecule has 11 heteroatoms. The van der Waals surface area contributed by atoms with Crippen LogP contribution < -0.4 is 24.8 Å². The molecule has 2 atom stereocenters. The molecule has 2 amide bonds. The van der Waals surface area contributed by atoms with Gasteiger partial charge in [-0.25, -0.2) is 8.42 Å². The van der Waals surface area contributed by atoms with Crippen LogP contribution in [0.4, 0.5) is 11.4 Å². The van der Waals surface area contributed by atoms with Gasteiger partial charge in [0.15, 0.2) is 6.10 Å². The van der Waals surface area contributed by atoms with Crippen molar-refractivity contribution in [3.8, 4) is 17.2 Å². The summed E-state index contributed by atoms with van der Waals surface area (Å²) in [5.74, 6) is 0.221. The van der Waals surface area contributed by atoms with Gasteiger partial charge in [-0.2, -0.15) is 4.31 Å². The first-order valence-electron chi connectivity index (χ1n) is 11.3. The SMILES string of the molecule is COc1ccc(OC)c(NC(=O)[C@H]2CCCN(S(=O)(=O)c3cc4c(cc3C)NC(=O)[C@@H](C)O4)C2)c1. The number of methoxy groups -OCH3 is 2. The maximum Gasteiger partial charge on any atom is 0.265 e. The number of carbonyl (C=O) groups excluding carboxylic acids is 2. The molecule has 1 fully saturated rings. The highest BCUT2D eigenvalue weighted by Gasteiger charge is 2.35. The van der Waals surface area contributed by atoms with E-state index in [0.717, 1.165) is 0 Å². The molecule has 0 spiro atoms. The Labute approximate surface area is 204 Å². The van der Waals surface area contributed by atoms with E-state index in [9.17, 15) is 18.0 Å². The van der Waals surface area contributed by atoms with Crippen LogP contribution in [0.25, 0.3) is 0 Å². The second-order valence-corrected chi connectivity index (χ2v) is 10.5. The standard InChI is InChI=1S/C24H29N3O7S/c1-14-10-18-21(34-15(2)23(28)25-18)12-22(14)35(30,31)27-9-5-6-16(13-27)24(29)26-19-11-17(32-3)7-8-20(19)33-4/h7-8,10-12,15-16H,5-6,9,13H2,1-4H3,(H,25,28)(H,26,29)/t15-,16+/m1/s1. The van der Waals surface area contributed by atoms with Crippen LogP contribution in [0, 0.1) is 12.8 Å². The van der Waals surface area contributed by atoms with Gasteiger partial charge in [0.05, 0.1) is 36.4 Å². The van der Waals surface area contributed by atoms with E-state index in [0.29, 0.717) is 53.6 Å². The Bertz CT molecular complexity index is 1260. The van der Waals surface area contributed by atoms with Crippen molar-refractivity contribution in [2.75, 3.05) is 37.9 Å². The number of anilines is 2. The smallest absolute Gasteiger partial charge is 0.265 e. The first-order valence-corrected chi connectivity index (χ1v) is 12.7. The number of ether oxygens (including phenoxy) is 3. The minimum absolute atomic E-state index is 0.0466. The molecule has 2 aliphatic heterocycles. The highest BCUT2D eigenvalue weighted by molar-refractivity contribution is 7.89. The van der Waals surface area contributed by atoms with Crippen LogP contribution in [-0.4, -0.2) is 58.0 Å². The van der Waals surface area contributed by atoms with Crippen LogP contribution in [-0.2, 0) is 19.6 Å². The molecule has 2 aromatic rings. The molecule has 0 saturated carbocycles. The van der Waals surface area contributed by atoms with E-state index >= 15 is 0 Å². The molecular formula is C24H29N3O7S. The Morgan fingerprint density at radius 1 is 1.20 bits per heavy atom. The molecular weight excluding hydrogens is 474 g/mol. The normalized spacial score (nSPS) is 20.3. The number of hydrogen-bond donors (Lipinski definition) is 2. The Kier molecular flexibility index (Phi) is 6.91. The Balaban J connectivity index is 1.55. The summed E-state index contributed by atoms with van der Waals surface area (Å²) in [5, 5.41) is 5.58. The predicted molar refractivity (Wildman–Crippen MR) is 130 cm³/mol. The molecule has 1 saturated heterocycles. The summed E-state index contributed by atoms with van der Waals surface area (Å²) in [6.07, 6.45) is 0.373. The summed E-state index contributed by atoms with van der Waals surface area (Å²) in [6.45, 7) is 3.61. The van der Waals surface area contributed by atoms with Crippen LogP contribution in [0.2, 0.25) is 0 Å². The zero-order valence-electron chi connectivity index (χ0n) is 20.1. The Hall–Kier alpha value is -3.31. The van der Waals surface area contributed by atoms with E-state index in [-0.39, 0.29) is 23.3 Å². The van der Waals surface area contributed by atoms with Gasteiger partial charge < -0.3 is 24.8 Å². The zero-order chi connectivity index (χ0) is 25.3. The summed E-state index contributed by atoms with van der Waals surface area (Å²) in [4.78, 5) is 25.1. The molecule has 35 heavy (non-hydrogen) atoms. The molecule has 0 aromatic heterocycles. The third-order valence-electron chi connectivity index (χ3n) is 6.25. The number of carbonyl (C=O) groups is 2. The summed E-state index contributed by atoms with van der Waals surface area (Å²) in [6, 6.07) is 8.11. The van der Waals surface area contributed by atoms with Crippen LogP contribution in [0.15, 0.2) is 35.2 Å². The van der Waals surface area contributed by atoms with E-state index in [1.54, 1.807) is 38.1 Å². The largest absolute Gasteiger partial charge is 0.497 e. The number of benzene rings is 2. The molecule has 2 N–H and O–H groups in total. The number of nitrogens with zero attached hydrogens (tertiary/aromatic N) is 1. The highest BCUT2D eigenvalue weighted by Crippen LogP contribution is 2.36. The topological polar surface area (TPSA) is 123 Å². The van der Waals surface area contributed by atoms with Crippen LogP contribution in [0.3, 0.4) is 0 Å². The molecule has 10 nitrogen and oxygen atoms in total. The molecule has 0 unspecified atom stereocenters. The van der Waals surface area contributed by atoms with Gasteiger partial charge in [-0.3, -0.25) is 9.59 Å². The van der Waals surface area contributed by atoms with E-state index in [1.807, 2.05) is 0 Å². The number of nitrogens with one attached hydrogen (secondary N) is 2. The number of hydrogen-bond acceptors (Lipinski definition) is 7. The van der Waals surface area contributed by atoms with Gasteiger partial charge >= 0.3 is 0 Å². The van der Waals surface area contributed by atoms with E-state index < -0.39 is 22.0 Å². The van der Waals surface area contributed by atoms with Gasteiger partial charge in [0, 0.05) is 25.2 Å². The summed E-state index contributed by atoms with van der Waals surface area (Å²) in [7, 11) is -0.873. The van der Waals surface area contributed by atoms with E-state index in [1.165, 1.54) is 24.6 Å². The molecule has 0 bridgehead atoms. The maximum atomic E-state index is 13.6. The lowest BCUT2D eigenvalue weighted by molar-refractivity contribution is -0.123. The molecule has 0 aliphatic carbocycles. The van der Waals surface area contributed by atoms with Gasteiger partial charge in [0.1, 0.15) is 17.2 Å². The third kappa shape index (κ3) is 4.92. The summed E-state index contributed by atoms with van der Waals surface area (Å²) < 4.78 is 44.6. The van der Waals surface area contributed by atoms with Gasteiger partial charge in [0.25, 0.3) is 5.91 Å². The maximum absolute atomic E-state index is 13.6. The lowest BCUT2D eigenvalue weighted by Gasteiger charge is -2.32. The zero-order valence-corrected chi connectivity index (χ0v) is 20.9. The fourth-order valence-electron chi connectivity index (χ4n) is 4.28. The van der Waals surface area contributed by atoms with Crippen molar-refractivity contribution in [1.29, 1.82) is 0 Å². The fourth-order valence-corrected chi connectivity index (χ4v) is 6.03. The lowest BCUT2D eigenvalue weighted by atomic mass is 9.98.